The first-order valence-corrected chi connectivity index (χ1v) is 5.80. The molecule has 3 heterocycles. The fourth-order valence-electron chi connectivity index (χ4n) is 2.32. The van der Waals surface area contributed by atoms with Crippen molar-refractivity contribution in [3.05, 3.63) is 29.8 Å². The van der Waals surface area contributed by atoms with Crippen LogP contribution in [0.3, 0.4) is 0 Å². The highest BCUT2D eigenvalue weighted by atomic mass is 16.3. The van der Waals surface area contributed by atoms with Crippen LogP contribution in [0.4, 0.5) is 0 Å². The zero-order valence-electron chi connectivity index (χ0n) is 9.89. The molecular weight excluding hydrogens is 216 g/mol. The molecule has 0 spiro atoms. The number of hydrogen-bond acceptors (Lipinski definition) is 4. The number of likely N-dealkylation sites (N-methyl/N-ethyl adjacent to an activating group) is 1. The molecule has 0 aliphatic carbocycles. The van der Waals surface area contributed by atoms with E-state index in [0.717, 1.165) is 36.9 Å². The van der Waals surface area contributed by atoms with Gasteiger partial charge in [-0.3, -0.25) is 4.90 Å². The molecule has 5 heteroatoms. The van der Waals surface area contributed by atoms with Crippen molar-refractivity contribution in [2.45, 2.75) is 19.6 Å². The molecule has 0 aromatic carbocycles. The van der Waals surface area contributed by atoms with Gasteiger partial charge in [-0.2, -0.15) is 0 Å². The number of nitrogens with zero attached hydrogens (tertiary/aromatic N) is 3. The summed E-state index contributed by atoms with van der Waals surface area (Å²) < 4.78 is 7.66. The van der Waals surface area contributed by atoms with Gasteiger partial charge in [-0.15, -0.1) is 0 Å². The normalized spacial score (nSPS) is 16.1. The SMILES string of the molecule is CN1CCn2c(-c3ccco3)nc(CN)c2C1. The van der Waals surface area contributed by atoms with Crippen molar-refractivity contribution in [3.8, 4) is 11.6 Å². The molecule has 5 nitrogen and oxygen atoms in total. The Hall–Kier alpha value is -1.59. The van der Waals surface area contributed by atoms with E-state index in [1.54, 1.807) is 6.26 Å². The van der Waals surface area contributed by atoms with Crippen LogP contribution in [-0.4, -0.2) is 28.0 Å². The van der Waals surface area contributed by atoms with Gasteiger partial charge in [0.15, 0.2) is 11.6 Å². The lowest BCUT2D eigenvalue weighted by molar-refractivity contribution is 0.269. The Bertz CT molecular complexity index is 515. The van der Waals surface area contributed by atoms with Gasteiger partial charge < -0.3 is 14.7 Å². The third-order valence-corrected chi connectivity index (χ3v) is 3.22. The molecule has 0 bridgehead atoms. The van der Waals surface area contributed by atoms with Gasteiger partial charge in [0.25, 0.3) is 0 Å². The molecular formula is C12H16N4O. The minimum absolute atomic E-state index is 0.476. The summed E-state index contributed by atoms with van der Waals surface area (Å²) in [5.74, 6) is 1.72. The van der Waals surface area contributed by atoms with Crippen LogP contribution in [-0.2, 0) is 19.6 Å². The first-order chi connectivity index (χ1) is 8.29. The summed E-state index contributed by atoms with van der Waals surface area (Å²) in [6.45, 7) is 3.35. The van der Waals surface area contributed by atoms with Gasteiger partial charge in [0, 0.05) is 26.2 Å². The zero-order valence-corrected chi connectivity index (χ0v) is 9.89. The van der Waals surface area contributed by atoms with Gasteiger partial charge in [0.05, 0.1) is 17.7 Å². The Balaban J connectivity index is 2.12. The van der Waals surface area contributed by atoms with Crippen LogP contribution in [0.25, 0.3) is 11.6 Å². The fraction of sp³-hybridized carbons (Fsp3) is 0.417. The maximum absolute atomic E-state index is 5.76. The summed E-state index contributed by atoms with van der Waals surface area (Å²) in [7, 11) is 2.11. The highest BCUT2D eigenvalue weighted by molar-refractivity contribution is 5.50. The predicted molar refractivity (Wildman–Crippen MR) is 64.2 cm³/mol. The fourth-order valence-corrected chi connectivity index (χ4v) is 2.32. The largest absolute Gasteiger partial charge is 0.461 e. The van der Waals surface area contributed by atoms with Crippen molar-refractivity contribution >= 4 is 0 Å². The van der Waals surface area contributed by atoms with Crippen LogP contribution < -0.4 is 5.73 Å². The second kappa shape index (κ2) is 4.01. The molecule has 0 atom stereocenters. The molecule has 2 aromatic heterocycles. The second-order valence-electron chi connectivity index (χ2n) is 4.40. The van der Waals surface area contributed by atoms with Crippen LogP contribution in [0, 0.1) is 0 Å². The van der Waals surface area contributed by atoms with E-state index in [0.29, 0.717) is 6.54 Å². The van der Waals surface area contributed by atoms with Gasteiger partial charge >= 0.3 is 0 Å². The average Bonchev–Trinajstić information content (AvgIpc) is 2.94. The maximum atomic E-state index is 5.76. The molecule has 90 valence electrons. The van der Waals surface area contributed by atoms with E-state index in [1.807, 2.05) is 12.1 Å². The third kappa shape index (κ3) is 1.67. The molecule has 0 amide bonds. The Morgan fingerprint density at radius 3 is 3.06 bits per heavy atom. The number of rotatable bonds is 2. The van der Waals surface area contributed by atoms with E-state index in [4.69, 9.17) is 10.2 Å². The van der Waals surface area contributed by atoms with Crippen molar-refractivity contribution in [1.29, 1.82) is 0 Å². The van der Waals surface area contributed by atoms with Crippen molar-refractivity contribution in [1.82, 2.24) is 14.5 Å². The number of fused-ring (bicyclic) bond motifs is 1. The molecule has 3 rings (SSSR count). The summed E-state index contributed by atoms with van der Waals surface area (Å²) in [6, 6.07) is 3.82. The van der Waals surface area contributed by atoms with Crippen molar-refractivity contribution < 1.29 is 4.42 Å². The molecule has 0 saturated carbocycles. The van der Waals surface area contributed by atoms with Gasteiger partial charge in [0.1, 0.15) is 0 Å². The van der Waals surface area contributed by atoms with E-state index in [-0.39, 0.29) is 0 Å². The standard InChI is InChI=1S/C12H16N4O/c1-15-4-5-16-10(8-15)9(7-13)14-12(16)11-3-2-6-17-11/h2-3,6H,4-5,7-8,13H2,1H3. The third-order valence-electron chi connectivity index (χ3n) is 3.22. The Kier molecular flexibility index (Phi) is 2.49. The monoisotopic (exact) mass is 232 g/mol. The minimum atomic E-state index is 0.476. The van der Waals surface area contributed by atoms with Crippen LogP contribution in [0.2, 0.25) is 0 Å². The number of imidazole rings is 1. The molecule has 0 fully saturated rings. The number of aromatic nitrogens is 2. The topological polar surface area (TPSA) is 60.2 Å². The lowest BCUT2D eigenvalue weighted by Crippen LogP contribution is -2.31. The highest BCUT2D eigenvalue weighted by Crippen LogP contribution is 2.25. The average molecular weight is 232 g/mol. The van der Waals surface area contributed by atoms with Gasteiger partial charge in [-0.05, 0) is 19.2 Å². The summed E-state index contributed by atoms with van der Waals surface area (Å²) in [5.41, 5.74) is 7.95. The highest BCUT2D eigenvalue weighted by Gasteiger charge is 2.23. The van der Waals surface area contributed by atoms with E-state index in [2.05, 4.69) is 21.5 Å². The van der Waals surface area contributed by atoms with E-state index in [1.165, 1.54) is 5.69 Å². The van der Waals surface area contributed by atoms with E-state index < -0.39 is 0 Å². The molecule has 17 heavy (non-hydrogen) atoms. The number of furan rings is 1. The smallest absolute Gasteiger partial charge is 0.176 e. The second-order valence-corrected chi connectivity index (χ2v) is 4.40. The summed E-state index contributed by atoms with van der Waals surface area (Å²) >= 11 is 0. The van der Waals surface area contributed by atoms with Gasteiger partial charge in [-0.25, -0.2) is 4.98 Å². The Labute approximate surface area is 99.8 Å². The molecule has 1 aliphatic heterocycles. The minimum Gasteiger partial charge on any atom is -0.461 e. The van der Waals surface area contributed by atoms with Crippen molar-refractivity contribution in [3.63, 3.8) is 0 Å². The summed E-state index contributed by atoms with van der Waals surface area (Å²) in [4.78, 5) is 6.88. The molecule has 0 radical (unpaired) electrons. The quantitative estimate of drug-likeness (QED) is 0.840. The lowest BCUT2D eigenvalue weighted by Gasteiger charge is -2.25. The van der Waals surface area contributed by atoms with Crippen molar-refractivity contribution in [2.75, 3.05) is 13.6 Å². The maximum Gasteiger partial charge on any atom is 0.176 e. The molecule has 1 aliphatic rings. The number of hydrogen-bond donors (Lipinski definition) is 1. The first kappa shape index (κ1) is 10.6. The van der Waals surface area contributed by atoms with Gasteiger partial charge in [0.2, 0.25) is 0 Å². The van der Waals surface area contributed by atoms with Crippen LogP contribution >= 0.6 is 0 Å². The Morgan fingerprint density at radius 2 is 2.35 bits per heavy atom. The van der Waals surface area contributed by atoms with Crippen LogP contribution in [0.5, 0.6) is 0 Å². The molecule has 0 saturated heterocycles. The zero-order chi connectivity index (χ0) is 11.8. The molecule has 0 unspecified atom stereocenters. The van der Waals surface area contributed by atoms with E-state index >= 15 is 0 Å². The predicted octanol–water partition coefficient (Wildman–Crippen LogP) is 1.05. The molecule has 2 aromatic rings. The summed E-state index contributed by atoms with van der Waals surface area (Å²) in [6.07, 6.45) is 1.67. The van der Waals surface area contributed by atoms with E-state index in [9.17, 15) is 0 Å². The van der Waals surface area contributed by atoms with Crippen LogP contribution in [0.1, 0.15) is 11.4 Å². The first-order valence-electron chi connectivity index (χ1n) is 5.80. The van der Waals surface area contributed by atoms with Gasteiger partial charge in [-0.1, -0.05) is 0 Å². The Morgan fingerprint density at radius 1 is 1.47 bits per heavy atom. The number of nitrogens with two attached hydrogens (primary N) is 1. The van der Waals surface area contributed by atoms with Crippen LogP contribution in [0.15, 0.2) is 22.8 Å². The molecule has 2 N–H and O–H groups in total. The summed E-state index contributed by atoms with van der Waals surface area (Å²) in [5, 5.41) is 0. The lowest BCUT2D eigenvalue weighted by atomic mass is 10.2. The van der Waals surface area contributed by atoms with Crippen molar-refractivity contribution in [2.24, 2.45) is 5.73 Å².